The molecule has 0 saturated heterocycles. The number of carbonyl (C=O) groups excluding carboxylic acids is 1. The highest BCUT2D eigenvalue weighted by Crippen LogP contribution is 2.18. The summed E-state index contributed by atoms with van der Waals surface area (Å²) in [6.45, 7) is 5.65. The first-order valence-corrected chi connectivity index (χ1v) is 8.18. The molecule has 0 atom stereocenters. The zero-order chi connectivity index (χ0) is 16.8. The van der Waals surface area contributed by atoms with E-state index in [1.807, 2.05) is 26.0 Å². The molecular weight excluding hydrogens is 314 g/mol. The van der Waals surface area contributed by atoms with Gasteiger partial charge in [-0.2, -0.15) is 0 Å². The van der Waals surface area contributed by atoms with Gasteiger partial charge in [-0.25, -0.2) is 4.98 Å². The number of anilines is 1. The highest BCUT2D eigenvalue weighted by molar-refractivity contribution is 7.99. The average Bonchev–Trinajstić information content (AvgIpc) is 2.46. The molecule has 1 heterocycles. The number of rotatable bonds is 6. The Kier molecular flexibility index (Phi) is 5.81. The Morgan fingerprint density at radius 3 is 2.65 bits per heavy atom. The lowest BCUT2D eigenvalue weighted by Crippen LogP contribution is -2.15. The molecule has 2 aromatic rings. The molecule has 2 rings (SSSR count). The second kappa shape index (κ2) is 7.82. The van der Waals surface area contributed by atoms with Crippen LogP contribution in [0.4, 0.5) is 5.69 Å². The van der Waals surface area contributed by atoms with Gasteiger partial charge in [-0.3, -0.25) is 9.59 Å². The van der Waals surface area contributed by atoms with Gasteiger partial charge < -0.3 is 15.0 Å². The van der Waals surface area contributed by atoms with E-state index in [1.165, 1.54) is 17.8 Å². The van der Waals surface area contributed by atoms with Gasteiger partial charge >= 0.3 is 0 Å². The minimum absolute atomic E-state index is 0.107. The lowest BCUT2D eigenvalue weighted by Gasteiger charge is -2.10. The summed E-state index contributed by atoms with van der Waals surface area (Å²) < 4.78 is 5.54. The number of aryl methyl sites for hydroxylation is 1. The summed E-state index contributed by atoms with van der Waals surface area (Å²) in [4.78, 5) is 30.0. The van der Waals surface area contributed by atoms with Crippen LogP contribution >= 0.6 is 11.8 Å². The third-order valence-electron chi connectivity index (χ3n) is 2.70. The third kappa shape index (κ3) is 5.78. The van der Waals surface area contributed by atoms with Crippen molar-refractivity contribution in [1.82, 2.24) is 9.97 Å². The first kappa shape index (κ1) is 17.1. The number of H-pyrrole nitrogens is 1. The first-order chi connectivity index (χ1) is 10.9. The molecule has 6 nitrogen and oxygen atoms in total. The lowest BCUT2D eigenvalue weighted by atomic mass is 10.3. The molecule has 0 aliphatic heterocycles. The molecule has 0 spiro atoms. The van der Waals surface area contributed by atoms with Crippen molar-refractivity contribution in [3.8, 4) is 5.75 Å². The Morgan fingerprint density at radius 2 is 2.04 bits per heavy atom. The summed E-state index contributed by atoms with van der Waals surface area (Å²) in [7, 11) is 0. The number of nitrogens with one attached hydrogen (secondary N) is 2. The van der Waals surface area contributed by atoms with Crippen LogP contribution in [0.2, 0.25) is 0 Å². The Morgan fingerprint density at radius 1 is 1.35 bits per heavy atom. The van der Waals surface area contributed by atoms with E-state index in [0.717, 1.165) is 5.75 Å². The molecule has 122 valence electrons. The standard InChI is InChI=1S/C16H19N3O3S/c1-10(2)22-13-6-4-12(5-7-13)18-15(21)9-23-16-17-11(3)8-14(20)19-16/h4-8,10H,9H2,1-3H3,(H,18,21)(H,17,19,20). The molecule has 1 aromatic heterocycles. The summed E-state index contributed by atoms with van der Waals surface area (Å²) in [5.41, 5.74) is 1.09. The van der Waals surface area contributed by atoms with E-state index in [1.54, 1.807) is 19.1 Å². The summed E-state index contributed by atoms with van der Waals surface area (Å²) >= 11 is 1.18. The van der Waals surface area contributed by atoms with Gasteiger partial charge in [0.25, 0.3) is 5.56 Å². The van der Waals surface area contributed by atoms with Crippen molar-refractivity contribution < 1.29 is 9.53 Å². The maximum atomic E-state index is 11.9. The van der Waals surface area contributed by atoms with E-state index in [9.17, 15) is 9.59 Å². The fourth-order valence-corrected chi connectivity index (χ4v) is 2.56. The van der Waals surface area contributed by atoms with E-state index >= 15 is 0 Å². The maximum Gasteiger partial charge on any atom is 0.251 e. The number of thioether (sulfide) groups is 1. The van der Waals surface area contributed by atoms with Crippen molar-refractivity contribution in [1.29, 1.82) is 0 Å². The number of hydrogen-bond acceptors (Lipinski definition) is 5. The average molecular weight is 333 g/mol. The minimum Gasteiger partial charge on any atom is -0.491 e. The third-order valence-corrected chi connectivity index (χ3v) is 3.57. The summed E-state index contributed by atoms with van der Waals surface area (Å²) in [5, 5.41) is 3.22. The Hall–Kier alpha value is -2.28. The maximum absolute atomic E-state index is 11.9. The summed E-state index contributed by atoms with van der Waals surface area (Å²) in [6.07, 6.45) is 0.107. The molecule has 2 N–H and O–H groups in total. The highest BCUT2D eigenvalue weighted by Gasteiger charge is 2.06. The molecule has 0 bridgehead atoms. The molecule has 0 aliphatic carbocycles. The van der Waals surface area contributed by atoms with E-state index in [0.29, 0.717) is 16.5 Å². The molecule has 23 heavy (non-hydrogen) atoms. The van der Waals surface area contributed by atoms with Gasteiger partial charge in [0.1, 0.15) is 5.75 Å². The van der Waals surface area contributed by atoms with Crippen molar-refractivity contribution in [2.75, 3.05) is 11.1 Å². The van der Waals surface area contributed by atoms with Crippen molar-refractivity contribution in [3.63, 3.8) is 0 Å². The Balaban J connectivity index is 1.88. The molecule has 7 heteroatoms. The quantitative estimate of drug-likeness (QED) is 0.627. The van der Waals surface area contributed by atoms with Crippen molar-refractivity contribution in [3.05, 3.63) is 46.4 Å². The van der Waals surface area contributed by atoms with Gasteiger partial charge in [-0.15, -0.1) is 0 Å². The van der Waals surface area contributed by atoms with Crippen LogP contribution in [-0.4, -0.2) is 27.7 Å². The van der Waals surface area contributed by atoms with Crippen molar-refractivity contribution in [2.45, 2.75) is 32.0 Å². The minimum atomic E-state index is -0.221. The zero-order valence-corrected chi connectivity index (χ0v) is 14.1. The Labute approximate surface area is 138 Å². The topological polar surface area (TPSA) is 84.1 Å². The van der Waals surface area contributed by atoms with Crippen LogP contribution in [0.5, 0.6) is 5.75 Å². The molecule has 0 unspecified atom stereocenters. The number of ether oxygens (including phenoxy) is 1. The highest BCUT2D eigenvalue weighted by atomic mass is 32.2. The van der Waals surface area contributed by atoms with E-state index in [-0.39, 0.29) is 23.3 Å². The molecule has 1 aromatic carbocycles. The van der Waals surface area contributed by atoms with E-state index in [4.69, 9.17) is 4.74 Å². The summed E-state index contributed by atoms with van der Waals surface area (Å²) in [5.74, 6) is 0.752. The predicted molar refractivity (Wildman–Crippen MR) is 91.2 cm³/mol. The normalized spacial score (nSPS) is 10.6. The summed E-state index contributed by atoms with van der Waals surface area (Å²) in [6, 6.07) is 8.59. The fraction of sp³-hybridized carbons (Fsp3) is 0.312. The molecule has 0 fully saturated rings. The van der Waals surface area contributed by atoms with Crippen molar-refractivity contribution >= 4 is 23.4 Å². The van der Waals surface area contributed by atoms with Crippen LogP contribution in [0.3, 0.4) is 0 Å². The van der Waals surface area contributed by atoms with Gasteiger partial charge in [-0.1, -0.05) is 11.8 Å². The second-order valence-electron chi connectivity index (χ2n) is 5.22. The fourth-order valence-electron chi connectivity index (χ4n) is 1.84. The first-order valence-electron chi connectivity index (χ1n) is 7.20. The zero-order valence-electron chi connectivity index (χ0n) is 13.3. The lowest BCUT2D eigenvalue weighted by molar-refractivity contribution is -0.113. The number of aromatic nitrogens is 2. The van der Waals surface area contributed by atoms with Crippen LogP contribution in [0, 0.1) is 6.92 Å². The number of hydrogen-bond donors (Lipinski definition) is 2. The molecule has 0 saturated carbocycles. The Bertz CT molecular complexity index is 726. The molecule has 0 aliphatic rings. The number of benzene rings is 1. The van der Waals surface area contributed by atoms with Crippen LogP contribution in [0.15, 0.2) is 40.3 Å². The van der Waals surface area contributed by atoms with Gasteiger partial charge in [0, 0.05) is 17.4 Å². The second-order valence-corrected chi connectivity index (χ2v) is 6.18. The largest absolute Gasteiger partial charge is 0.491 e. The smallest absolute Gasteiger partial charge is 0.251 e. The molecule has 1 amide bonds. The number of amides is 1. The molecule has 0 radical (unpaired) electrons. The van der Waals surface area contributed by atoms with Crippen LogP contribution < -0.4 is 15.6 Å². The van der Waals surface area contributed by atoms with Gasteiger partial charge in [0.2, 0.25) is 5.91 Å². The predicted octanol–water partition coefficient (Wildman–Crippen LogP) is 2.60. The van der Waals surface area contributed by atoms with Gasteiger partial charge in [-0.05, 0) is 45.0 Å². The van der Waals surface area contributed by atoms with E-state index < -0.39 is 0 Å². The van der Waals surface area contributed by atoms with Crippen molar-refractivity contribution in [2.24, 2.45) is 0 Å². The van der Waals surface area contributed by atoms with Crippen LogP contribution in [-0.2, 0) is 4.79 Å². The number of aromatic amines is 1. The number of carbonyl (C=O) groups is 1. The van der Waals surface area contributed by atoms with E-state index in [2.05, 4.69) is 15.3 Å². The van der Waals surface area contributed by atoms with Crippen LogP contribution in [0.25, 0.3) is 0 Å². The molecular formula is C16H19N3O3S. The van der Waals surface area contributed by atoms with Gasteiger partial charge in [0.15, 0.2) is 5.16 Å². The number of nitrogens with zero attached hydrogens (tertiary/aromatic N) is 1. The SMILES string of the molecule is Cc1cc(=O)[nH]c(SCC(=O)Nc2ccc(OC(C)C)cc2)n1. The van der Waals surface area contributed by atoms with Crippen LogP contribution in [0.1, 0.15) is 19.5 Å². The monoisotopic (exact) mass is 333 g/mol. The van der Waals surface area contributed by atoms with Gasteiger partial charge in [0.05, 0.1) is 11.9 Å².